The molecule has 0 atom stereocenters. The summed E-state index contributed by atoms with van der Waals surface area (Å²) in [6, 6.07) is 6.17. The highest BCUT2D eigenvalue weighted by Crippen LogP contribution is 2.22. The van der Waals surface area contributed by atoms with Gasteiger partial charge in [-0.15, -0.1) is 0 Å². The second kappa shape index (κ2) is 5.31. The van der Waals surface area contributed by atoms with Gasteiger partial charge in [0.15, 0.2) is 0 Å². The first-order valence-electron chi connectivity index (χ1n) is 7.15. The second-order valence-corrected chi connectivity index (χ2v) is 5.63. The lowest BCUT2D eigenvalue weighted by molar-refractivity contribution is 0.0728. The Kier molecular flexibility index (Phi) is 3.49. The molecule has 2 aromatic rings. The van der Waals surface area contributed by atoms with Gasteiger partial charge in [-0.2, -0.15) is 0 Å². The van der Waals surface area contributed by atoms with E-state index in [9.17, 15) is 9.18 Å². The quantitative estimate of drug-likeness (QED) is 0.852. The molecule has 1 aliphatic heterocycles. The van der Waals surface area contributed by atoms with Crippen LogP contribution < -0.4 is 0 Å². The third-order valence-corrected chi connectivity index (χ3v) is 3.86. The van der Waals surface area contributed by atoms with Crippen LogP contribution >= 0.6 is 0 Å². The van der Waals surface area contributed by atoms with Crippen molar-refractivity contribution in [2.75, 3.05) is 6.54 Å². The fraction of sp³-hybridized carbons (Fsp3) is 0.375. The predicted molar refractivity (Wildman–Crippen MR) is 77.5 cm³/mol. The Balaban J connectivity index is 1.85. The van der Waals surface area contributed by atoms with Gasteiger partial charge in [0.25, 0.3) is 5.91 Å². The van der Waals surface area contributed by atoms with Gasteiger partial charge in [-0.1, -0.05) is 6.07 Å². The molecule has 1 aromatic carbocycles. The minimum atomic E-state index is -0.384. The molecule has 4 nitrogen and oxygen atoms in total. The summed E-state index contributed by atoms with van der Waals surface area (Å²) in [5.41, 5.74) is 2.54. The molecule has 21 heavy (non-hydrogen) atoms. The van der Waals surface area contributed by atoms with Crippen molar-refractivity contribution in [3.8, 4) is 0 Å². The van der Waals surface area contributed by atoms with Crippen molar-refractivity contribution in [2.45, 2.75) is 32.9 Å². The van der Waals surface area contributed by atoms with Crippen LogP contribution in [0.2, 0.25) is 0 Å². The lowest BCUT2D eigenvalue weighted by Crippen LogP contribution is -2.37. The van der Waals surface area contributed by atoms with E-state index in [1.165, 1.54) is 12.1 Å². The van der Waals surface area contributed by atoms with Crippen LogP contribution in [0.3, 0.4) is 0 Å². The summed E-state index contributed by atoms with van der Waals surface area (Å²) in [7, 11) is 0. The highest BCUT2D eigenvalue weighted by molar-refractivity contribution is 5.94. The van der Waals surface area contributed by atoms with E-state index in [2.05, 4.69) is 23.4 Å². The molecule has 1 aliphatic rings. The van der Waals surface area contributed by atoms with Crippen molar-refractivity contribution >= 4 is 5.91 Å². The first kappa shape index (κ1) is 13.8. The van der Waals surface area contributed by atoms with Gasteiger partial charge in [0.1, 0.15) is 5.82 Å². The number of hydrogen-bond donors (Lipinski definition) is 0. The van der Waals surface area contributed by atoms with Crippen LogP contribution in [0.1, 0.15) is 41.6 Å². The van der Waals surface area contributed by atoms with E-state index in [4.69, 9.17) is 0 Å². The summed E-state index contributed by atoms with van der Waals surface area (Å²) in [5.74, 6) is -0.512. The largest absolute Gasteiger partial charge is 0.332 e. The normalized spacial score (nSPS) is 14.4. The standard InChI is InChI=1S/C16H18FN3O/c1-11(2)20-10-18-14-6-7-19(9-15(14)20)16(21)12-4-3-5-13(17)8-12/h3-5,8,10-11H,6-7,9H2,1-2H3. The summed E-state index contributed by atoms with van der Waals surface area (Å²) in [6.07, 6.45) is 2.58. The number of halogens is 1. The van der Waals surface area contributed by atoms with Crippen LogP contribution in [0.15, 0.2) is 30.6 Å². The van der Waals surface area contributed by atoms with Crippen LogP contribution in [0.4, 0.5) is 4.39 Å². The molecule has 1 amide bonds. The monoisotopic (exact) mass is 287 g/mol. The van der Waals surface area contributed by atoms with Crippen LogP contribution in [0, 0.1) is 5.82 Å². The zero-order valence-electron chi connectivity index (χ0n) is 12.2. The average Bonchev–Trinajstić information content (AvgIpc) is 2.89. The van der Waals surface area contributed by atoms with E-state index < -0.39 is 0 Å². The van der Waals surface area contributed by atoms with E-state index in [0.29, 0.717) is 24.7 Å². The molecular weight excluding hydrogens is 269 g/mol. The van der Waals surface area contributed by atoms with E-state index in [-0.39, 0.29) is 11.7 Å². The van der Waals surface area contributed by atoms with E-state index in [0.717, 1.165) is 17.8 Å². The highest BCUT2D eigenvalue weighted by atomic mass is 19.1. The molecule has 0 saturated carbocycles. The van der Waals surface area contributed by atoms with Gasteiger partial charge in [-0.25, -0.2) is 9.37 Å². The average molecular weight is 287 g/mol. The van der Waals surface area contributed by atoms with Gasteiger partial charge in [-0.05, 0) is 32.0 Å². The summed E-state index contributed by atoms with van der Waals surface area (Å²) >= 11 is 0. The van der Waals surface area contributed by atoms with Gasteiger partial charge in [0.2, 0.25) is 0 Å². The van der Waals surface area contributed by atoms with Crippen LogP contribution in [-0.2, 0) is 13.0 Å². The minimum absolute atomic E-state index is 0.128. The Hall–Kier alpha value is -2.17. The van der Waals surface area contributed by atoms with Crippen molar-refractivity contribution in [1.29, 1.82) is 0 Å². The summed E-state index contributed by atoms with van der Waals surface area (Å²) < 4.78 is 15.4. The Labute approximate surface area is 123 Å². The van der Waals surface area contributed by atoms with Gasteiger partial charge >= 0.3 is 0 Å². The molecule has 1 aromatic heterocycles. The van der Waals surface area contributed by atoms with Crippen molar-refractivity contribution in [3.05, 3.63) is 53.4 Å². The molecule has 0 spiro atoms. The number of amides is 1. The number of imidazole rings is 1. The molecule has 5 heteroatoms. The Morgan fingerprint density at radius 1 is 1.38 bits per heavy atom. The number of rotatable bonds is 2. The number of aromatic nitrogens is 2. The molecule has 0 unspecified atom stereocenters. The van der Waals surface area contributed by atoms with Crippen molar-refractivity contribution in [1.82, 2.24) is 14.5 Å². The van der Waals surface area contributed by atoms with Gasteiger partial charge in [0, 0.05) is 24.6 Å². The summed E-state index contributed by atoms with van der Waals surface area (Å²) in [5, 5.41) is 0. The van der Waals surface area contributed by atoms with Crippen LogP contribution in [-0.4, -0.2) is 26.9 Å². The van der Waals surface area contributed by atoms with Gasteiger partial charge in [0.05, 0.1) is 24.3 Å². The Morgan fingerprint density at radius 3 is 2.90 bits per heavy atom. The fourth-order valence-corrected chi connectivity index (χ4v) is 2.73. The van der Waals surface area contributed by atoms with E-state index in [1.807, 2.05) is 6.33 Å². The Bertz CT molecular complexity index is 678. The predicted octanol–water partition coefficient (Wildman–Crippen LogP) is 2.80. The third kappa shape index (κ3) is 2.55. The van der Waals surface area contributed by atoms with E-state index >= 15 is 0 Å². The number of carbonyl (C=O) groups is 1. The van der Waals surface area contributed by atoms with Crippen LogP contribution in [0.5, 0.6) is 0 Å². The molecule has 0 bridgehead atoms. The Morgan fingerprint density at radius 2 is 2.19 bits per heavy atom. The lowest BCUT2D eigenvalue weighted by atomic mass is 10.1. The molecule has 0 radical (unpaired) electrons. The first-order chi connectivity index (χ1) is 10.1. The number of hydrogen-bond acceptors (Lipinski definition) is 2. The maximum absolute atomic E-state index is 13.3. The lowest BCUT2D eigenvalue weighted by Gasteiger charge is -2.28. The molecule has 0 aliphatic carbocycles. The highest BCUT2D eigenvalue weighted by Gasteiger charge is 2.25. The number of carbonyl (C=O) groups excluding carboxylic acids is 1. The maximum Gasteiger partial charge on any atom is 0.254 e. The summed E-state index contributed by atoms with van der Waals surface area (Å²) in [6.45, 7) is 5.34. The zero-order chi connectivity index (χ0) is 15.0. The minimum Gasteiger partial charge on any atom is -0.332 e. The summed E-state index contributed by atoms with van der Waals surface area (Å²) in [4.78, 5) is 18.7. The van der Waals surface area contributed by atoms with Crippen molar-refractivity contribution in [3.63, 3.8) is 0 Å². The molecule has 2 heterocycles. The molecule has 3 rings (SSSR count). The molecule has 110 valence electrons. The topological polar surface area (TPSA) is 38.1 Å². The number of fused-ring (bicyclic) bond motifs is 1. The first-order valence-corrected chi connectivity index (χ1v) is 7.15. The van der Waals surface area contributed by atoms with Crippen LogP contribution in [0.25, 0.3) is 0 Å². The van der Waals surface area contributed by atoms with E-state index in [1.54, 1.807) is 17.0 Å². The molecule has 0 N–H and O–H groups in total. The smallest absolute Gasteiger partial charge is 0.254 e. The zero-order valence-corrected chi connectivity index (χ0v) is 12.2. The SMILES string of the molecule is CC(C)n1cnc2c1CN(C(=O)c1cccc(F)c1)CC2. The number of benzene rings is 1. The van der Waals surface area contributed by atoms with Gasteiger partial charge in [-0.3, -0.25) is 4.79 Å². The van der Waals surface area contributed by atoms with Gasteiger partial charge < -0.3 is 9.47 Å². The maximum atomic E-state index is 13.3. The third-order valence-electron chi connectivity index (χ3n) is 3.86. The molecule has 0 saturated heterocycles. The molecule has 0 fully saturated rings. The fourth-order valence-electron chi connectivity index (χ4n) is 2.73. The van der Waals surface area contributed by atoms with Crippen molar-refractivity contribution in [2.24, 2.45) is 0 Å². The second-order valence-electron chi connectivity index (χ2n) is 5.63. The number of nitrogens with zero attached hydrogens (tertiary/aromatic N) is 3. The van der Waals surface area contributed by atoms with Crippen molar-refractivity contribution < 1.29 is 9.18 Å². The molecular formula is C16H18FN3O.